The number of aliphatic imine (C=N–C) groups is 1. The number of carbonyl (C=O) groups excluding carboxylic acids is 2. The summed E-state index contributed by atoms with van der Waals surface area (Å²) in [5, 5.41) is 0. The van der Waals surface area contributed by atoms with Gasteiger partial charge in [-0.3, -0.25) is 4.79 Å². The maximum atomic E-state index is 12.0. The number of esters is 2. The number of benzene rings is 1. The zero-order valence-corrected chi connectivity index (χ0v) is 12.7. The van der Waals surface area contributed by atoms with Crippen molar-refractivity contribution in [3.63, 3.8) is 0 Å². The normalized spacial score (nSPS) is 21.7. The molecule has 1 atom stereocenters. The second-order valence-electron chi connectivity index (χ2n) is 6.21. The summed E-state index contributed by atoms with van der Waals surface area (Å²) in [6, 6.07) is 9.11. The summed E-state index contributed by atoms with van der Waals surface area (Å²) in [5.74, 6) is -0.765. The van der Waals surface area contributed by atoms with Gasteiger partial charge in [0, 0.05) is 5.56 Å². The summed E-state index contributed by atoms with van der Waals surface area (Å²) in [7, 11) is 0. The van der Waals surface area contributed by atoms with Gasteiger partial charge in [0.2, 0.25) is 5.90 Å². The van der Waals surface area contributed by atoms with Crippen LogP contribution in [0.25, 0.3) is 0 Å². The van der Waals surface area contributed by atoms with E-state index in [0.717, 1.165) is 0 Å². The minimum atomic E-state index is -1.23. The van der Waals surface area contributed by atoms with Crippen LogP contribution in [0.2, 0.25) is 0 Å². The quantitative estimate of drug-likeness (QED) is 0.802. The smallest absolute Gasteiger partial charge is 0.341 e. The fourth-order valence-electron chi connectivity index (χ4n) is 1.96. The van der Waals surface area contributed by atoms with Gasteiger partial charge in [-0.1, -0.05) is 18.2 Å². The van der Waals surface area contributed by atoms with Crippen LogP contribution in [-0.2, 0) is 19.1 Å². The van der Waals surface area contributed by atoms with Crippen molar-refractivity contribution in [2.24, 2.45) is 4.99 Å². The van der Waals surface area contributed by atoms with E-state index in [1.165, 1.54) is 0 Å². The lowest BCUT2D eigenvalue weighted by Gasteiger charge is -2.22. The monoisotopic (exact) mass is 289 g/mol. The highest BCUT2D eigenvalue weighted by molar-refractivity contribution is 6.08. The Balaban J connectivity index is 2.16. The molecule has 0 saturated carbocycles. The highest BCUT2D eigenvalue weighted by atomic mass is 16.6. The fourth-order valence-corrected chi connectivity index (χ4v) is 1.96. The van der Waals surface area contributed by atoms with Crippen LogP contribution in [0.4, 0.5) is 0 Å². The molecule has 0 fully saturated rings. The Morgan fingerprint density at radius 2 is 1.90 bits per heavy atom. The maximum absolute atomic E-state index is 12.0. The van der Waals surface area contributed by atoms with E-state index in [9.17, 15) is 9.59 Å². The van der Waals surface area contributed by atoms with Crippen molar-refractivity contribution in [3.8, 4) is 0 Å². The predicted molar refractivity (Wildman–Crippen MR) is 77.9 cm³/mol. The summed E-state index contributed by atoms with van der Waals surface area (Å²) in [4.78, 5) is 28.2. The second-order valence-corrected chi connectivity index (χ2v) is 6.21. The van der Waals surface area contributed by atoms with Crippen LogP contribution in [0.3, 0.4) is 0 Å². The lowest BCUT2D eigenvalue weighted by molar-refractivity contribution is -0.158. The average molecular weight is 289 g/mol. The molecule has 1 heterocycles. The fraction of sp³-hybridized carbons (Fsp3) is 0.438. The van der Waals surface area contributed by atoms with Crippen molar-refractivity contribution in [1.29, 1.82) is 0 Å². The van der Waals surface area contributed by atoms with Crippen LogP contribution in [-0.4, -0.2) is 29.0 Å². The number of ether oxygens (including phenoxy) is 2. The van der Waals surface area contributed by atoms with Gasteiger partial charge in [0.1, 0.15) is 5.60 Å². The third-order valence-electron chi connectivity index (χ3n) is 2.91. The molecule has 1 aromatic carbocycles. The van der Waals surface area contributed by atoms with Crippen LogP contribution >= 0.6 is 0 Å². The lowest BCUT2D eigenvalue weighted by Crippen LogP contribution is -2.35. The molecule has 1 aromatic rings. The Labute approximate surface area is 124 Å². The molecule has 1 aliphatic heterocycles. The number of hydrogen-bond acceptors (Lipinski definition) is 5. The Bertz CT molecular complexity index is 586. The van der Waals surface area contributed by atoms with Crippen molar-refractivity contribution >= 4 is 17.8 Å². The Hall–Kier alpha value is -2.17. The van der Waals surface area contributed by atoms with Crippen LogP contribution in [0.1, 0.15) is 39.7 Å². The highest BCUT2D eigenvalue weighted by Crippen LogP contribution is 2.27. The van der Waals surface area contributed by atoms with Gasteiger partial charge in [0.25, 0.3) is 0 Å². The molecule has 0 N–H and O–H groups in total. The SMILES string of the molecule is CC(C)(C)OC(=O)C[C@]1(C)N=C(c2ccccc2)OC1=O. The van der Waals surface area contributed by atoms with Gasteiger partial charge in [-0.25, -0.2) is 9.79 Å². The van der Waals surface area contributed by atoms with E-state index in [1.54, 1.807) is 39.8 Å². The molecule has 0 saturated heterocycles. The Morgan fingerprint density at radius 3 is 2.48 bits per heavy atom. The molecule has 21 heavy (non-hydrogen) atoms. The first-order valence-electron chi connectivity index (χ1n) is 6.79. The number of cyclic esters (lactones) is 1. The van der Waals surface area contributed by atoms with E-state index in [-0.39, 0.29) is 12.3 Å². The molecule has 0 aromatic heterocycles. The summed E-state index contributed by atoms with van der Waals surface area (Å²) in [5.41, 5.74) is -1.12. The molecule has 0 radical (unpaired) electrons. The summed E-state index contributed by atoms with van der Waals surface area (Å²) in [6.45, 7) is 6.91. The molecular formula is C16H19NO4. The minimum Gasteiger partial charge on any atom is -0.460 e. The molecule has 0 aliphatic carbocycles. The summed E-state index contributed by atoms with van der Waals surface area (Å²) < 4.78 is 10.4. The van der Waals surface area contributed by atoms with Crippen LogP contribution in [0.15, 0.2) is 35.3 Å². The van der Waals surface area contributed by atoms with E-state index in [2.05, 4.69) is 4.99 Å². The number of nitrogens with zero attached hydrogens (tertiary/aromatic N) is 1. The molecule has 5 nitrogen and oxygen atoms in total. The van der Waals surface area contributed by atoms with Crippen molar-refractivity contribution in [3.05, 3.63) is 35.9 Å². The molecule has 5 heteroatoms. The number of hydrogen-bond donors (Lipinski definition) is 0. The van der Waals surface area contributed by atoms with Crippen LogP contribution < -0.4 is 0 Å². The lowest BCUT2D eigenvalue weighted by atomic mass is 9.99. The van der Waals surface area contributed by atoms with Crippen molar-refractivity contribution in [2.75, 3.05) is 0 Å². The van der Waals surface area contributed by atoms with Crippen molar-refractivity contribution < 1.29 is 19.1 Å². The second kappa shape index (κ2) is 5.31. The van der Waals surface area contributed by atoms with Gasteiger partial charge in [0.05, 0.1) is 6.42 Å². The molecule has 0 bridgehead atoms. The molecule has 112 valence electrons. The topological polar surface area (TPSA) is 65.0 Å². The first-order valence-corrected chi connectivity index (χ1v) is 6.79. The van der Waals surface area contributed by atoms with Crippen molar-refractivity contribution in [2.45, 2.75) is 45.3 Å². The van der Waals surface area contributed by atoms with E-state index < -0.39 is 23.1 Å². The predicted octanol–water partition coefficient (Wildman–Crippen LogP) is 2.48. The average Bonchev–Trinajstić information content (AvgIpc) is 2.64. The Morgan fingerprint density at radius 1 is 1.29 bits per heavy atom. The largest absolute Gasteiger partial charge is 0.460 e. The van der Waals surface area contributed by atoms with E-state index in [0.29, 0.717) is 5.56 Å². The van der Waals surface area contributed by atoms with Gasteiger partial charge in [-0.05, 0) is 39.8 Å². The summed E-state index contributed by atoms with van der Waals surface area (Å²) >= 11 is 0. The van der Waals surface area contributed by atoms with Crippen LogP contribution in [0.5, 0.6) is 0 Å². The van der Waals surface area contributed by atoms with Crippen molar-refractivity contribution in [1.82, 2.24) is 0 Å². The van der Waals surface area contributed by atoms with Gasteiger partial charge in [0.15, 0.2) is 5.54 Å². The van der Waals surface area contributed by atoms with E-state index in [1.807, 2.05) is 18.2 Å². The molecule has 0 unspecified atom stereocenters. The van der Waals surface area contributed by atoms with E-state index >= 15 is 0 Å². The zero-order chi connectivity index (χ0) is 15.7. The molecule has 0 spiro atoms. The Kier molecular flexibility index (Phi) is 3.85. The molecule has 1 aliphatic rings. The third kappa shape index (κ3) is 3.68. The third-order valence-corrected chi connectivity index (χ3v) is 2.91. The standard InChI is InChI=1S/C16H19NO4/c1-15(2,3)21-12(18)10-16(4)14(19)20-13(17-16)11-8-6-5-7-9-11/h5-9H,10H2,1-4H3/t16-/m0/s1. The number of rotatable bonds is 3. The first-order chi connectivity index (χ1) is 9.70. The maximum Gasteiger partial charge on any atom is 0.341 e. The summed E-state index contributed by atoms with van der Waals surface area (Å²) in [6.07, 6.45) is -0.139. The highest BCUT2D eigenvalue weighted by Gasteiger charge is 2.44. The molecule has 0 amide bonds. The van der Waals surface area contributed by atoms with Gasteiger partial charge >= 0.3 is 11.9 Å². The van der Waals surface area contributed by atoms with E-state index in [4.69, 9.17) is 9.47 Å². The van der Waals surface area contributed by atoms with Gasteiger partial charge in [-0.2, -0.15) is 0 Å². The van der Waals surface area contributed by atoms with Gasteiger partial charge in [-0.15, -0.1) is 0 Å². The van der Waals surface area contributed by atoms with Crippen LogP contribution in [0, 0.1) is 0 Å². The minimum absolute atomic E-state index is 0.139. The first kappa shape index (κ1) is 15.2. The zero-order valence-electron chi connectivity index (χ0n) is 12.7. The van der Waals surface area contributed by atoms with Gasteiger partial charge < -0.3 is 9.47 Å². The molecule has 2 rings (SSSR count). The molecular weight excluding hydrogens is 270 g/mol. The number of carbonyl (C=O) groups is 2.